The fraction of sp³-hybridized carbons (Fsp3) is 0.714. The molecule has 5 nitrogen and oxygen atoms in total. The maximum Gasteiger partial charge on any atom is 0.220 e. The average molecular weight is 263 g/mol. The van der Waals surface area contributed by atoms with Gasteiger partial charge < -0.3 is 14.2 Å². The maximum absolute atomic E-state index is 11.8. The van der Waals surface area contributed by atoms with Crippen molar-refractivity contribution in [2.45, 2.75) is 38.8 Å². The fourth-order valence-electron chi connectivity index (χ4n) is 2.69. The van der Waals surface area contributed by atoms with Gasteiger partial charge in [-0.2, -0.15) is 0 Å². The second-order valence-electron chi connectivity index (χ2n) is 5.73. The van der Waals surface area contributed by atoms with E-state index >= 15 is 0 Å². The summed E-state index contributed by atoms with van der Waals surface area (Å²) in [4.78, 5) is 18.0. The number of carbonyl (C=O) groups is 1. The zero-order chi connectivity index (χ0) is 13.4. The third-order valence-electron chi connectivity index (χ3n) is 4.10. The Morgan fingerprint density at radius 3 is 2.95 bits per heavy atom. The van der Waals surface area contributed by atoms with E-state index in [1.54, 1.807) is 6.92 Å². The van der Waals surface area contributed by atoms with Crippen molar-refractivity contribution in [3.8, 4) is 0 Å². The van der Waals surface area contributed by atoms with Crippen LogP contribution in [0.15, 0.2) is 6.33 Å². The van der Waals surface area contributed by atoms with Crippen LogP contribution in [0.5, 0.6) is 0 Å². The molecule has 2 heterocycles. The van der Waals surface area contributed by atoms with E-state index in [2.05, 4.69) is 9.55 Å². The van der Waals surface area contributed by atoms with Crippen molar-refractivity contribution >= 4 is 5.91 Å². The Labute approximate surface area is 113 Å². The normalized spacial score (nSPS) is 22.4. The zero-order valence-electron chi connectivity index (χ0n) is 11.6. The number of aromatic nitrogens is 2. The SMILES string of the molecule is CC(=O)N1Cc2ncn(C)c2C[C@H]1COCC1CC1. The first-order valence-electron chi connectivity index (χ1n) is 6.99. The molecule has 0 spiro atoms. The summed E-state index contributed by atoms with van der Waals surface area (Å²) in [6, 6.07) is 0.152. The summed E-state index contributed by atoms with van der Waals surface area (Å²) in [5.41, 5.74) is 2.26. The summed E-state index contributed by atoms with van der Waals surface area (Å²) < 4.78 is 7.84. The third kappa shape index (κ3) is 2.66. The molecule has 0 radical (unpaired) electrons. The lowest BCUT2D eigenvalue weighted by atomic mass is 10.0. The minimum Gasteiger partial charge on any atom is -0.379 e. The molecule has 0 aromatic carbocycles. The number of imidazole rings is 1. The molecule has 1 amide bonds. The summed E-state index contributed by atoms with van der Waals surface area (Å²) in [5, 5.41) is 0. The second kappa shape index (κ2) is 4.96. The summed E-state index contributed by atoms with van der Waals surface area (Å²) >= 11 is 0. The third-order valence-corrected chi connectivity index (χ3v) is 4.10. The zero-order valence-corrected chi connectivity index (χ0v) is 11.6. The van der Waals surface area contributed by atoms with Crippen LogP contribution in [-0.4, -0.2) is 39.6 Å². The van der Waals surface area contributed by atoms with Crippen LogP contribution >= 0.6 is 0 Å². The number of rotatable bonds is 4. The molecule has 1 aromatic rings. The quantitative estimate of drug-likeness (QED) is 0.818. The van der Waals surface area contributed by atoms with Gasteiger partial charge in [0.05, 0.1) is 31.2 Å². The molecule has 0 saturated heterocycles. The first kappa shape index (κ1) is 12.7. The van der Waals surface area contributed by atoms with E-state index in [-0.39, 0.29) is 11.9 Å². The lowest BCUT2D eigenvalue weighted by Gasteiger charge is -2.34. The van der Waals surface area contributed by atoms with Gasteiger partial charge in [0.15, 0.2) is 0 Å². The van der Waals surface area contributed by atoms with E-state index in [9.17, 15) is 4.79 Å². The van der Waals surface area contributed by atoms with E-state index in [1.165, 1.54) is 18.5 Å². The van der Waals surface area contributed by atoms with Crippen molar-refractivity contribution in [2.75, 3.05) is 13.2 Å². The van der Waals surface area contributed by atoms with Crippen LogP contribution in [0.4, 0.5) is 0 Å². The van der Waals surface area contributed by atoms with E-state index in [0.29, 0.717) is 13.2 Å². The lowest BCUT2D eigenvalue weighted by molar-refractivity contribution is -0.134. The van der Waals surface area contributed by atoms with Gasteiger partial charge in [0.25, 0.3) is 0 Å². The molecule has 0 bridgehead atoms. The Bertz CT molecular complexity index is 479. The van der Waals surface area contributed by atoms with Crippen molar-refractivity contribution in [1.82, 2.24) is 14.5 Å². The Kier molecular flexibility index (Phi) is 3.31. The maximum atomic E-state index is 11.8. The van der Waals surface area contributed by atoms with Crippen molar-refractivity contribution in [3.05, 3.63) is 17.7 Å². The van der Waals surface area contributed by atoms with E-state index in [0.717, 1.165) is 24.6 Å². The Morgan fingerprint density at radius 2 is 2.26 bits per heavy atom. The molecular weight excluding hydrogens is 242 g/mol. The second-order valence-corrected chi connectivity index (χ2v) is 5.73. The van der Waals surface area contributed by atoms with Crippen LogP contribution < -0.4 is 0 Å². The summed E-state index contributed by atoms with van der Waals surface area (Å²) in [5.74, 6) is 0.873. The number of carbonyl (C=O) groups excluding carboxylic acids is 1. The standard InChI is InChI=1S/C14H21N3O2/c1-10(18)17-6-13-14(16(2)9-15-13)5-12(17)8-19-7-11-3-4-11/h9,11-12H,3-8H2,1-2H3/t12-/m0/s1. The number of fused-ring (bicyclic) bond motifs is 1. The van der Waals surface area contributed by atoms with Crippen LogP contribution in [-0.2, 0) is 29.5 Å². The monoisotopic (exact) mass is 263 g/mol. The average Bonchev–Trinajstić information content (AvgIpc) is 3.13. The van der Waals surface area contributed by atoms with Gasteiger partial charge in [-0.25, -0.2) is 4.98 Å². The molecule has 5 heteroatoms. The molecule has 1 aliphatic carbocycles. The van der Waals surface area contributed by atoms with Crippen molar-refractivity contribution < 1.29 is 9.53 Å². The molecule has 1 fully saturated rings. The molecular formula is C14H21N3O2. The number of amides is 1. The van der Waals surface area contributed by atoms with E-state index in [1.807, 2.05) is 18.3 Å². The summed E-state index contributed by atoms with van der Waals surface area (Å²) in [6.07, 6.45) is 5.27. The van der Waals surface area contributed by atoms with Gasteiger partial charge >= 0.3 is 0 Å². The number of hydrogen-bond acceptors (Lipinski definition) is 3. The van der Waals surface area contributed by atoms with Crippen LogP contribution in [0.2, 0.25) is 0 Å². The Hall–Kier alpha value is -1.36. The largest absolute Gasteiger partial charge is 0.379 e. The molecule has 104 valence electrons. The summed E-state index contributed by atoms with van der Waals surface area (Å²) in [6.45, 7) is 3.73. The van der Waals surface area contributed by atoms with Gasteiger partial charge in [0.1, 0.15) is 0 Å². The number of aryl methyl sites for hydroxylation is 1. The highest BCUT2D eigenvalue weighted by Crippen LogP contribution is 2.29. The molecule has 2 aliphatic rings. The van der Waals surface area contributed by atoms with Crippen LogP contribution in [0.3, 0.4) is 0 Å². The Balaban J connectivity index is 1.68. The highest BCUT2D eigenvalue weighted by molar-refractivity contribution is 5.74. The fourth-order valence-corrected chi connectivity index (χ4v) is 2.69. The van der Waals surface area contributed by atoms with Gasteiger partial charge in [-0.15, -0.1) is 0 Å². The molecule has 0 unspecified atom stereocenters. The van der Waals surface area contributed by atoms with Gasteiger partial charge in [0.2, 0.25) is 5.91 Å². The first-order chi connectivity index (χ1) is 9.15. The van der Waals surface area contributed by atoms with Crippen LogP contribution in [0.1, 0.15) is 31.2 Å². The smallest absolute Gasteiger partial charge is 0.220 e. The summed E-state index contributed by atoms with van der Waals surface area (Å²) in [7, 11) is 2.01. The minimum absolute atomic E-state index is 0.108. The highest BCUT2D eigenvalue weighted by Gasteiger charge is 2.31. The van der Waals surface area contributed by atoms with E-state index < -0.39 is 0 Å². The molecule has 3 rings (SSSR count). The van der Waals surface area contributed by atoms with Crippen molar-refractivity contribution in [1.29, 1.82) is 0 Å². The van der Waals surface area contributed by atoms with Gasteiger partial charge in [-0.3, -0.25) is 4.79 Å². The molecule has 1 aliphatic heterocycles. The predicted octanol–water partition coefficient (Wildman–Crippen LogP) is 1.12. The van der Waals surface area contributed by atoms with Crippen LogP contribution in [0, 0.1) is 5.92 Å². The predicted molar refractivity (Wildman–Crippen MR) is 70.5 cm³/mol. The minimum atomic E-state index is 0.108. The first-order valence-corrected chi connectivity index (χ1v) is 6.99. The lowest BCUT2D eigenvalue weighted by Crippen LogP contribution is -2.46. The molecule has 19 heavy (non-hydrogen) atoms. The molecule has 1 saturated carbocycles. The van der Waals surface area contributed by atoms with Gasteiger partial charge in [0, 0.05) is 32.7 Å². The Morgan fingerprint density at radius 1 is 1.47 bits per heavy atom. The molecule has 1 atom stereocenters. The van der Waals surface area contributed by atoms with Crippen molar-refractivity contribution in [3.63, 3.8) is 0 Å². The number of nitrogens with zero attached hydrogens (tertiary/aromatic N) is 3. The van der Waals surface area contributed by atoms with Crippen molar-refractivity contribution in [2.24, 2.45) is 13.0 Å². The molecule has 0 N–H and O–H groups in total. The highest BCUT2D eigenvalue weighted by atomic mass is 16.5. The van der Waals surface area contributed by atoms with Crippen LogP contribution in [0.25, 0.3) is 0 Å². The van der Waals surface area contributed by atoms with Gasteiger partial charge in [-0.05, 0) is 18.8 Å². The number of ether oxygens (including phenoxy) is 1. The topological polar surface area (TPSA) is 47.4 Å². The van der Waals surface area contributed by atoms with E-state index in [4.69, 9.17) is 4.74 Å². The number of hydrogen-bond donors (Lipinski definition) is 0. The molecule has 1 aromatic heterocycles. The van der Waals surface area contributed by atoms with Gasteiger partial charge in [-0.1, -0.05) is 0 Å².